The van der Waals surface area contributed by atoms with Crippen LogP contribution in [-0.2, 0) is 4.74 Å². The lowest BCUT2D eigenvalue weighted by Crippen LogP contribution is -2.49. The summed E-state index contributed by atoms with van der Waals surface area (Å²) in [6, 6.07) is 6.03. The van der Waals surface area contributed by atoms with E-state index in [2.05, 4.69) is 27.3 Å². The fourth-order valence-electron chi connectivity index (χ4n) is 3.07. The van der Waals surface area contributed by atoms with Gasteiger partial charge in [0.2, 0.25) is 0 Å². The maximum absolute atomic E-state index is 6.38. The molecule has 0 bridgehead atoms. The molecule has 1 aliphatic heterocycles. The molecule has 0 radical (unpaired) electrons. The highest BCUT2D eigenvalue weighted by Gasteiger charge is 2.40. The van der Waals surface area contributed by atoms with Gasteiger partial charge in [-0.1, -0.05) is 46.4 Å². The van der Waals surface area contributed by atoms with Crippen molar-refractivity contribution in [3.05, 3.63) is 33.3 Å². The minimum Gasteiger partial charge on any atom is -0.364 e. The number of nitrogens with one attached hydrogen (secondary N) is 1. The number of rotatable bonds is 1. The lowest BCUT2D eigenvalue weighted by atomic mass is 9.97. The SMILES string of the molecule is Clc1cc(Br)ccc1C1CNCC2(CCCC2)O1. The van der Waals surface area contributed by atoms with Crippen molar-refractivity contribution in [2.24, 2.45) is 0 Å². The molecule has 2 fully saturated rings. The van der Waals surface area contributed by atoms with Crippen LogP contribution in [0.5, 0.6) is 0 Å². The molecule has 1 saturated heterocycles. The van der Waals surface area contributed by atoms with Crippen molar-refractivity contribution in [3.63, 3.8) is 0 Å². The molecule has 0 aromatic heterocycles. The van der Waals surface area contributed by atoms with E-state index in [1.807, 2.05) is 12.1 Å². The molecule has 0 amide bonds. The zero-order chi connectivity index (χ0) is 12.6. The molecule has 1 aliphatic carbocycles. The van der Waals surface area contributed by atoms with E-state index in [4.69, 9.17) is 16.3 Å². The quantitative estimate of drug-likeness (QED) is 0.838. The van der Waals surface area contributed by atoms with Gasteiger partial charge in [-0.3, -0.25) is 0 Å². The maximum atomic E-state index is 6.38. The van der Waals surface area contributed by atoms with E-state index >= 15 is 0 Å². The Bertz CT molecular complexity index is 445. The van der Waals surface area contributed by atoms with Crippen molar-refractivity contribution in [2.75, 3.05) is 13.1 Å². The number of hydrogen-bond donors (Lipinski definition) is 1. The molecule has 1 N–H and O–H groups in total. The molecule has 2 aliphatic rings. The standard InChI is InChI=1S/C14H17BrClNO/c15-10-3-4-11(12(16)7-10)13-8-17-9-14(18-13)5-1-2-6-14/h3-4,7,13,17H,1-2,5-6,8-9H2. The third kappa shape index (κ3) is 2.46. The first-order valence-electron chi connectivity index (χ1n) is 6.52. The first kappa shape index (κ1) is 12.9. The highest BCUT2D eigenvalue weighted by molar-refractivity contribution is 9.10. The minimum absolute atomic E-state index is 0.0549. The Morgan fingerprint density at radius 2 is 2.11 bits per heavy atom. The van der Waals surface area contributed by atoms with Crippen LogP contribution in [0.15, 0.2) is 22.7 Å². The summed E-state index contributed by atoms with van der Waals surface area (Å²) in [4.78, 5) is 0. The molecule has 3 rings (SSSR count). The first-order valence-corrected chi connectivity index (χ1v) is 7.69. The Hall–Kier alpha value is -0.0900. The van der Waals surface area contributed by atoms with Gasteiger partial charge in [-0.15, -0.1) is 0 Å². The van der Waals surface area contributed by atoms with Crippen molar-refractivity contribution >= 4 is 27.5 Å². The van der Waals surface area contributed by atoms with Gasteiger partial charge in [0.05, 0.1) is 11.7 Å². The van der Waals surface area contributed by atoms with Crippen molar-refractivity contribution in [3.8, 4) is 0 Å². The molecule has 1 aromatic rings. The molecule has 18 heavy (non-hydrogen) atoms. The van der Waals surface area contributed by atoms with Gasteiger partial charge in [0, 0.05) is 28.1 Å². The Kier molecular flexibility index (Phi) is 3.68. The lowest BCUT2D eigenvalue weighted by molar-refractivity contribution is -0.114. The van der Waals surface area contributed by atoms with Gasteiger partial charge in [-0.25, -0.2) is 0 Å². The van der Waals surface area contributed by atoms with E-state index in [0.29, 0.717) is 0 Å². The van der Waals surface area contributed by atoms with Crippen LogP contribution in [0, 0.1) is 0 Å². The number of halogens is 2. The van der Waals surface area contributed by atoms with E-state index in [1.165, 1.54) is 25.7 Å². The molecular weight excluding hydrogens is 314 g/mol. The largest absolute Gasteiger partial charge is 0.364 e. The van der Waals surface area contributed by atoms with Crippen LogP contribution < -0.4 is 5.32 Å². The number of ether oxygens (including phenoxy) is 1. The maximum Gasteiger partial charge on any atom is 0.0971 e. The van der Waals surface area contributed by atoms with Crippen LogP contribution >= 0.6 is 27.5 Å². The fourth-order valence-corrected chi connectivity index (χ4v) is 3.86. The predicted molar refractivity (Wildman–Crippen MR) is 77.0 cm³/mol. The summed E-state index contributed by atoms with van der Waals surface area (Å²) in [6.07, 6.45) is 4.98. The molecule has 2 nitrogen and oxygen atoms in total. The Morgan fingerprint density at radius 1 is 1.33 bits per heavy atom. The summed E-state index contributed by atoms with van der Waals surface area (Å²) in [6.45, 7) is 1.83. The summed E-state index contributed by atoms with van der Waals surface area (Å²) in [7, 11) is 0. The molecule has 1 spiro atoms. The van der Waals surface area contributed by atoms with Crippen molar-refractivity contribution in [2.45, 2.75) is 37.4 Å². The normalized spacial score (nSPS) is 26.7. The van der Waals surface area contributed by atoms with E-state index < -0.39 is 0 Å². The summed E-state index contributed by atoms with van der Waals surface area (Å²) in [5.74, 6) is 0. The summed E-state index contributed by atoms with van der Waals surface area (Å²) in [5.41, 5.74) is 1.15. The van der Waals surface area contributed by atoms with Crippen molar-refractivity contribution in [1.82, 2.24) is 5.32 Å². The summed E-state index contributed by atoms with van der Waals surface area (Å²) < 4.78 is 7.39. The van der Waals surface area contributed by atoms with E-state index in [-0.39, 0.29) is 11.7 Å². The Balaban J connectivity index is 1.83. The number of morpholine rings is 1. The van der Waals surface area contributed by atoms with Crippen molar-refractivity contribution in [1.29, 1.82) is 0 Å². The van der Waals surface area contributed by atoms with Gasteiger partial charge in [0.25, 0.3) is 0 Å². The van der Waals surface area contributed by atoms with Gasteiger partial charge >= 0.3 is 0 Å². The first-order chi connectivity index (χ1) is 8.69. The average Bonchev–Trinajstić information content (AvgIpc) is 2.77. The second kappa shape index (κ2) is 5.12. The molecule has 1 unspecified atom stereocenters. The molecule has 4 heteroatoms. The van der Waals surface area contributed by atoms with Crippen LogP contribution in [0.1, 0.15) is 37.4 Å². The molecule has 98 valence electrons. The van der Waals surface area contributed by atoms with Crippen LogP contribution in [-0.4, -0.2) is 18.7 Å². The average molecular weight is 331 g/mol. The van der Waals surface area contributed by atoms with Gasteiger partial charge in [-0.05, 0) is 25.0 Å². The summed E-state index contributed by atoms with van der Waals surface area (Å²) >= 11 is 9.76. The zero-order valence-corrected chi connectivity index (χ0v) is 12.6. The third-order valence-electron chi connectivity index (χ3n) is 3.99. The molecule has 1 aromatic carbocycles. The molecular formula is C14H17BrClNO. The van der Waals surface area contributed by atoms with Gasteiger partial charge in [-0.2, -0.15) is 0 Å². The summed E-state index contributed by atoms with van der Waals surface area (Å²) in [5, 5.41) is 4.30. The molecule has 1 heterocycles. The van der Waals surface area contributed by atoms with E-state index in [0.717, 1.165) is 28.1 Å². The van der Waals surface area contributed by atoms with E-state index in [1.54, 1.807) is 0 Å². The molecule has 1 saturated carbocycles. The van der Waals surface area contributed by atoms with Crippen LogP contribution in [0.3, 0.4) is 0 Å². The highest BCUT2D eigenvalue weighted by atomic mass is 79.9. The zero-order valence-electron chi connectivity index (χ0n) is 10.2. The third-order valence-corrected chi connectivity index (χ3v) is 4.81. The van der Waals surface area contributed by atoms with Crippen LogP contribution in [0.25, 0.3) is 0 Å². The van der Waals surface area contributed by atoms with Crippen LogP contribution in [0.4, 0.5) is 0 Å². The van der Waals surface area contributed by atoms with Gasteiger partial charge < -0.3 is 10.1 Å². The monoisotopic (exact) mass is 329 g/mol. The Labute approximate surface area is 121 Å². The molecule has 1 atom stereocenters. The number of hydrogen-bond acceptors (Lipinski definition) is 2. The van der Waals surface area contributed by atoms with Gasteiger partial charge in [0.15, 0.2) is 0 Å². The van der Waals surface area contributed by atoms with Gasteiger partial charge in [0.1, 0.15) is 0 Å². The minimum atomic E-state index is 0.0549. The topological polar surface area (TPSA) is 21.3 Å². The smallest absolute Gasteiger partial charge is 0.0971 e. The second-order valence-electron chi connectivity index (χ2n) is 5.29. The number of benzene rings is 1. The Morgan fingerprint density at radius 3 is 2.83 bits per heavy atom. The second-order valence-corrected chi connectivity index (χ2v) is 6.62. The predicted octanol–water partition coefficient (Wildman–Crippen LogP) is 4.08. The van der Waals surface area contributed by atoms with Crippen LogP contribution in [0.2, 0.25) is 5.02 Å². The van der Waals surface area contributed by atoms with E-state index in [9.17, 15) is 0 Å². The lowest BCUT2D eigenvalue weighted by Gasteiger charge is -2.39. The fraction of sp³-hybridized carbons (Fsp3) is 0.571. The van der Waals surface area contributed by atoms with Crippen molar-refractivity contribution < 1.29 is 4.74 Å². The highest BCUT2D eigenvalue weighted by Crippen LogP contribution is 2.40.